The second-order valence-corrected chi connectivity index (χ2v) is 9.25. The molecule has 0 spiro atoms. The third-order valence-electron chi connectivity index (χ3n) is 5.20. The number of rotatable bonds is 10. The summed E-state index contributed by atoms with van der Waals surface area (Å²) in [6.07, 6.45) is 2.90. The van der Waals surface area contributed by atoms with Crippen LogP contribution in [0.15, 0.2) is 65.6 Å². The Hall–Kier alpha value is -4.18. The van der Waals surface area contributed by atoms with Gasteiger partial charge in [-0.2, -0.15) is 0 Å². The summed E-state index contributed by atoms with van der Waals surface area (Å²) in [6.45, 7) is 1.68. The van der Waals surface area contributed by atoms with Gasteiger partial charge in [0, 0.05) is 17.5 Å². The van der Waals surface area contributed by atoms with E-state index in [9.17, 15) is 13.2 Å². The summed E-state index contributed by atoms with van der Waals surface area (Å²) in [5.41, 5.74) is 1.89. The van der Waals surface area contributed by atoms with Gasteiger partial charge >= 0.3 is 0 Å². The molecule has 3 aromatic carbocycles. The average Bonchev–Trinajstić information content (AvgIpc) is 2.87. The van der Waals surface area contributed by atoms with Crippen LogP contribution in [0.1, 0.15) is 11.1 Å². The third-order valence-corrected chi connectivity index (χ3v) is 6.72. The molecule has 0 radical (unpaired) electrons. The van der Waals surface area contributed by atoms with Crippen molar-refractivity contribution in [3.05, 3.63) is 71.8 Å². The molecule has 190 valence electrons. The molecule has 3 rings (SSSR count). The third kappa shape index (κ3) is 6.28. The number of nitrogens with one attached hydrogen (secondary N) is 2. The highest BCUT2D eigenvalue weighted by Gasteiger charge is 2.18. The van der Waals surface area contributed by atoms with Crippen LogP contribution in [0.3, 0.4) is 0 Å². The zero-order chi connectivity index (χ0) is 26.3. The smallest absolute Gasteiger partial charge is 0.262 e. The van der Waals surface area contributed by atoms with Crippen LogP contribution in [-0.2, 0) is 14.8 Å². The molecule has 0 bridgehead atoms. The van der Waals surface area contributed by atoms with Crippen molar-refractivity contribution in [2.24, 2.45) is 0 Å². The highest BCUT2D eigenvalue weighted by Crippen LogP contribution is 2.38. The lowest BCUT2D eigenvalue weighted by Crippen LogP contribution is -2.15. The molecule has 0 aromatic heterocycles. The Morgan fingerprint density at radius 1 is 0.806 bits per heavy atom. The Kier molecular flexibility index (Phi) is 8.44. The van der Waals surface area contributed by atoms with Crippen molar-refractivity contribution in [2.45, 2.75) is 11.8 Å². The molecule has 0 saturated heterocycles. The molecule has 3 aromatic rings. The maximum atomic E-state index is 13.0. The monoisotopic (exact) mass is 512 g/mol. The molecule has 10 heteroatoms. The van der Waals surface area contributed by atoms with E-state index in [-0.39, 0.29) is 4.90 Å². The first-order chi connectivity index (χ1) is 17.2. The van der Waals surface area contributed by atoms with Gasteiger partial charge in [0.1, 0.15) is 5.75 Å². The first-order valence-corrected chi connectivity index (χ1v) is 12.3. The number of benzene rings is 3. The van der Waals surface area contributed by atoms with E-state index in [1.165, 1.54) is 40.6 Å². The average molecular weight is 513 g/mol. The fourth-order valence-electron chi connectivity index (χ4n) is 3.39. The Balaban J connectivity index is 1.78. The van der Waals surface area contributed by atoms with Gasteiger partial charge in [-0.15, -0.1) is 0 Å². The summed E-state index contributed by atoms with van der Waals surface area (Å²) in [5.74, 6) is 1.51. The molecule has 1 amide bonds. The van der Waals surface area contributed by atoms with Crippen molar-refractivity contribution in [1.29, 1.82) is 0 Å². The Morgan fingerprint density at radius 3 is 1.97 bits per heavy atom. The number of carbonyl (C=O) groups excluding carboxylic acids is 1. The van der Waals surface area contributed by atoms with Crippen molar-refractivity contribution in [2.75, 3.05) is 38.5 Å². The van der Waals surface area contributed by atoms with Gasteiger partial charge in [0.2, 0.25) is 11.7 Å². The Morgan fingerprint density at radius 2 is 1.42 bits per heavy atom. The number of methoxy groups -OCH3 is 4. The van der Waals surface area contributed by atoms with Crippen LogP contribution >= 0.6 is 0 Å². The van der Waals surface area contributed by atoms with E-state index in [1.807, 2.05) is 0 Å². The van der Waals surface area contributed by atoms with E-state index in [0.29, 0.717) is 45.5 Å². The highest BCUT2D eigenvalue weighted by molar-refractivity contribution is 7.92. The summed E-state index contributed by atoms with van der Waals surface area (Å²) in [4.78, 5) is 12.6. The molecule has 0 aliphatic rings. The molecule has 0 unspecified atom stereocenters. The highest BCUT2D eigenvalue weighted by atomic mass is 32.2. The first kappa shape index (κ1) is 26.4. The molecule has 9 nitrogen and oxygen atoms in total. The number of hydrogen-bond acceptors (Lipinski definition) is 7. The van der Waals surface area contributed by atoms with Crippen LogP contribution in [-0.4, -0.2) is 42.8 Å². The molecular formula is C26H28N2O7S. The zero-order valence-corrected chi connectivity index (χ0v) is 21.4. The van der Waals surface area contributed by atoms with Gasteiger partial charge in [-0.1, -0.05) is 6.07 Å². The maximum Gasteiger partial charge on any atom is 0.262 e. The fourth-order valence-corrected chi connectivity index (χ4v) is 4.72. The fraction of sp³-hybridized carbons (Fsp3) is 0.192. The van der Waals surface area contributed by atoms with E-state index in [2.05, 4.69) is 10.0 Å². The lowest BCUT2D eigenvalue weighted by molar-refractivity contribution is -0.111. The predicted molar refractivity (Wildman–Crippen MR) is 139 cm³/mol. The van der Waals surface area contributed by atoms with Crippen molar-refractivity contribution < 1.29 is 32.2 Å². The van der Waals surface area contributed by atoms with Crippen LogP contribution < -0.4 is 29.0 Å². The predicted octanol–water partition coefficient (Wildman–Crippen LogP) is 4.48. The molecule has 36 heavy (non-hydrogen) atoms. The number of anilines is 2. The van der Waals surface area contributed by atoms with Crippen molar-refractivity contribution in [1.82, 2.24) is 0 Å². The first-order valence-electron chi connectivity index (χ1n) is 10.8. The minimum Gasteiger partial charge on any atom is -0.497 e. The molecule has 0 saturated carbocycles. The Bertz CT molecular complexity index is 1340. The normalized spacial score (nSPS) is 11.1. The van der Waals surface area contributed by atoms with E-state index in [1.54, 1.807) is 61.5 Å². The second-order valence-electron chi connectivity index (χ2n) is 7.60. The summed E-state index contributed by atoms with van der Waals surface area (Å²) in [7, 11) is 2.14. The van der Waals surface area contributed by atoms with Crippen LogP contribution in [0, 0.1) is 6.92 Å². The number of aryl methyl sites for hydroxylation is 1. The van der Waals surface area contributed by atoms with E-state index >= 15 is 0 Å². The molecule has 0 heterocycles. The van der Waals surface area contributed by atoms with Crippen LogP contribution in [0.5, 0.6) is 23.0 Å². The van der Waals surface area contributed by atoms with Gasteiger partial charge in [0.05, 0.1) is 33.3 Å². The number of hydrogen-bond donors (Lipinski definition) is 2. The minimum absolute atomic E-state index is 0.0460. The van der Waals surface area contributed by atoms with Gasteiger partial charge in [0.15, 0.2) is 11.5 Å². The molecule has 0 aliphatic carbocycles. The maximum absolute atomic E-state index is 13.0. The van der Waals surface area contributed by atoms with Crippen LogP contribution in [0.2, 0.25) is 0 Å². The number of carbonyl (C=O) groups is 1. The van der Waals surface area contributed by atoms with Gasteiger partial charge in [0.25, 0.3) is 10.0 Å². The lowest BCUT2D eigenvalue weighted by Gasteiger charge is -2.13. The summed E-state index contributed by atoms with van der Waals surface area (Å²) in [5, 5.41) is 2.69. The van der Waals surface area contributed by atoms with Crippen molar-refractivity contribution in [3.63, 3.8) is 0 Å². The lowest BCUT2D eigenvalue weighted by atomic mass is 10.1. The molecule has 2 N–H and O–H groups in total. The zero-order valence-electron chi connectivity index (χ0n) is 20.6. The standard InChI is InChI=1S/C26H28N2O7S/c1-17-6-8-20(16-24(17)36(30,31)28-19-9-11-21(32-2)12-10-19)27-25(29)13-7-18-14-22(33-3)26(35-5)23(15-18)34-4/h6-16,28H,1-5H3,(H,27,29)/b13-7+. The van der Waals surface area contributed by atoms with Gasteiger partial charge in [-0.25, -0.2) is 8.42 Å². The topological polar surface area (TPSA) is 112 Å². The Labute approximate surface area is 210 Å². The van der Waals surface area contributed by atoms with E-state index < -0.39 is 15.9 Å². The quantitative estimate of drug-likeness (QED) is 0.385. The minimum atomic E-state index is -3.90. The van der Waals surface area contributed by atoms with Crippen molar-refractivity contribution in [3.8, 4) is 23.0 Å². The van der Waals surface area contributed by atoms with E-state index in [0.717, 1.165) is 0 Å². The molecule has 0 atom stereocenters. The van der Waals surface area contributed by atoms with E-state index in [4.69, 9.17) is 18.9 Å². The molecule has 0 aliphatic heterocycles. The largest absolute Gasteiger partial charge is 0.497 e. The number of sulfonamides is 1. The molecular weight excluding hydrogens is 484 g/mol. The van der Waals surface area contributed by atoms with Gasteiger partial charge in [-0.05, 0) is 72.7 Å². The second kappa shape index (κ2) is 11.5. The number of amides is 1. The number of ether oxygens (including phenoxy) is 4. The summed E-state index contributed by atoms with van der Waals surface area (Å²) < 4.78 is 49.6. The summed E-state index contributed by atoms with van der Waals surface area (Å²) in [6, 6.07) is 14.6. The van der Waals surface area contributed by atoms with Gasteiger partial charge < -0.3 is 24.3 Å². The van der Waals surface area contributed by atoms with Crippen LogP contribution in [0.4, 0.5) is 11.4 Å². The molecule has 0 fully saturated rings. The van der Waals surface area contributed by atoms with Crippen LogP contribution in [0.25, 0.3) is 6.08 Å². The SMILES string of the molecule is COc1ccc(NS(=O)(=O)c2cc(NC(=O)/C=C/c3cc(OC)c(OC)c(OC)c3)ccc2C)cc1. The van der Waals surface area contributed by atoms with Crippen molar-refractivity contribution >= 4 is 33.4 Å². The van der Waals surface area contributed by atoms with Gasteiger partial charge in [-0.3, -0.25) is 9.52 Å². The summed E-state index contributed by atoms with van der Waals surface area (Å²) >= 11 is 0.